The first-order valence-corrected chi connectivity index (χ1v) is 4.39. The molecule has 0 radical (unpaired) electrons. The molecule has 0 fully saturated rings. The van der Waals surface area contributed by atoms with E-state index >= 15 is 0 Å². The molecule has 0 N–H and O–H groups in total. The van der Waals surface area contributed by atoms with Crippen molar-refractivity contribution in [2.75, 3.05) is 6.54 Å². The van der Waals surface area contributed by atoms with E-state index < -0.39 is 0 Å². The highest BCUT2D eigenvalue weighted by Crippen LogP contribution is 1.99. The van der Waals surface area contributed by atoms with Gasteiger partial charge in [-0.2, -0.15) is 0 Å². The van der Waals surface area contributed by atoms with Gasteiger partial charge in [0.2, 0.25) is 0 Å². The molecule has 0 spiro atoms. The lowest BCUT2D eigenvalue weighted by molar-refractivity contribution is 0.869. The van der Waals surface area contributed by atoms with Crippen LogP contribution < -0.4 is 0 Å². The van der Waals surface area contributed by atoms with Gasteiger partial charge in [0.25, 0.3) is 0 Å². The molecule has 0 aliphatic heterocycles. The summed E-state index contributed by atoms with van der Waals surface area (Å²) in [6.07, 6.45) is 3.99. The monoisotopic (exact) mass is 165 g/mol. The van der Waals surface area contributed by atoms with Crippen molar-refractivity contribution in [2.24, 2.45) is 10.9 Å². The van der Waals surface area contributed by atoms with E-state index in [4.69, 9.17) is 0 Å². The maximum Gasteiger partial charge on any atom is 0.0633 e. The van der Waals surface area contributed by atoms with Crippen LogP contribution in [0.2, 0.25) is 0 Å². The van der Waals surface area contributed by atoms with Crippen molar-refractivity contribution in [3.05, 3.63) is 24.3 Å². The fraction of sp³-hybridized carbons (Fsp3) is 0.545. The summed E-state index contributed by atoms with van der Waals surface area (Å²) in [5, 5.41) is 0. The van der Waals surface area contributed by atoms with Crippen molar-refractivity contribution in [3.8, 4) is 0 Å². The molecule has 0 bridgehead atoms. The van der Waals surface area contributed by atoms with Crippen LogP contribution in [-0.4, -0.2) is 12.3 Å². The van der Waals surface area contributed by atoms with Crippen molar-refractivity contribution in [1.29, 1.82) is 0 Å². The highest BCUT2D eigenvalue weighted by molar-refractivity contribution is 5.83. The highest BCUT2D eigenvalue weighted by Gasteiger charge is 1.96. The zero-order chi connectivity index (χ0) is 9.56. The van der Waals surface area contributed by atoms with Crippen molar-refractivity contribution >= 4 is 5.71 Å². The second kappa shape index (κ2) is 5.76. The van der Waals surface area contributed by atoms with Crippen molar-refractivity contribution in [3.63, 3.8) is 0 Å². The normalized spacial score (nSPS) is 12.9. The van der Waals surface area contributed by atoms with Crippen LogP contribution in [0, 0.1) is 5.92 Å². The predicted molar refractivity (Wildman–Crippen MR) is 56.8 cm³/mol. The Morgan fingerprint density at radius 3 is 2.50 bits per heavy atom. The van der Waals surface area contributed by atoms with E-state index in [1.807, 2.05) is 19.1 Å². The van der Waals surface area contributed by atoms with Gasteiger partial charge in [0.1, 0.15) is 0 Å². The number of nitrogens with zero attached hydrogens (tertiary/aromatic N) is 1. The van der Waals surface area contributed by atoms with Crippen LogP contribution in [0.4, 0.5) is 0 Å². The van der Waals surface area contributed by atoms with E-state index in [2.05, 4.69) is 32.3 Å². The highest BCUT2D eigenvalue weighted by atomic mass is 14.7. The number of aliphatic imine (C=N–C) groups is 1. The van der Waals surface area contributed by atoms with E-state index in [-0.39, 0.29) is 0 Å². The molecule has 0 rings (SSSR count). The molecule has 0 amide bonds. The standard InChI is InChI=1S/C11H19N/c1-6-7-10(4)8-12-11(5)9(2)3/h6-7,9H,4,8H2,1-3,5H3/b7-6-,12-11?. The molecule has 0 heterocycles. The van der Waals surface area contributed by atoms with Gasteiger partial charge in [0, 0.05) is 5.71 Å². The first-order valence-electron chi connectivity index (χ1n) is 4.39. The lowest BCUT2D eigenvalue weighted by Gasteiger charge is -2.03. The summed E-state index contributed by atoms with van der Waals surface area (Å²) in [4.78, 5) is 4.41. The van der Waals surface area contributed by atoms with Crippen LogP contribution in [-0.2, 0) is 0 Å². The number of allylic oxidation sites excluding steroid dienone is 1. The first-order chi connectivity index (χ1) is 5.57. The Hall–Kier alpha value is -0.850. The fourth-order valence-electron chi connectivity index (χ4n) is 0.697. The molecular weight excluding hydrogens is 146 g/mol. The Kier molecular flexibility index (Phi) is 5.35. The predicted octanol–water partition coefficient (Wildman–Crippen LogP) is 3.24. The molecule has 0 aromatic carbocycles. The van der Waals surface area contributed by atoms with Crippen molar-refractivity contribution in [1.82, 2.24) is 0 Å². The molecule has 0 saturated heterocycles. The Bertz CT molecular complexity index is 197. The molecular formula is C11H19N. The second-order valence-corrected chi connectivity index (χ2v) is 3.27. The average Bonchev–Trinajstić information content (AvgIpc) is 2.00. The zero-order valence-corrected chi connectivity index (χ0v) is 8.59. The largest absolute Gasteiger partial charge is 0.289 e. The Labute approximate surface area is 75.9 Å². The second-order valence-electron chi connectivity index (χ2n) is 3.27. The molecule has 12 heavy (non-hydrogen) atoms. The lowest BCUT2D eigenvalue weighted by Crippen LogP contribution is -2.02. The van der Waals surface area contributed by atoms with Gasteiger partial charge in [-0.1, -0.05) is 32.6 Å². The number of hydrogen-bond donors (Lipinski definition) is 0. The third-order valence-corrected chi connectivity index (χ3v) is 1.77. The van der Waals surface area contributed by atoms with E-state index in [1.54, 1.807) is 0 Å². The van der Waals surface area contributed by atoms with Crippen LogP contribution in [0.15, 0.2) is 29.3 Å². The summed E-state index contributed by atoms with van der Waals surface area (Å²) < 4.78 is 0. The van der Waals surface area contributed by atoms with Gasteiger partial charge in [0.15, 0.2) is 0 Å². The summed E-state index contributed by atoms with van der Waals surface area (Å²) in [5.74, 6) is 0.545. The van der Waals surface area contributed by atoms with Gasteiger partial charge in [-0.3, -0.25) is 4.99 Å². The van der Waals surface area contributed by atoms with Gasteiger partial charge < -0.3 is 0 Å². The summed E-state index contributed by atoms with van der Waals surface area (Å²) in [6, 6.07) is 0. The number of rotatable bonds is 4. The quantitative estimate of drug-likeness (QED) is 0.448. The van der Waals surface area contributed by atoms with Crippen LogP contribution in [0.5, 0.6) is 0 Å². The van der Waals surface area contributed by atoms with Gasteiger partial charge >= 0.3 is 0 Å². The average molecular weight is 165 g/mol. The molecule has 0 atom stereocenters. The van der Waals surface area contributed by atoms with Gasteiger partial charge in [0.05, 0.1) is 6.54 Å². The molecule has 0 aliphatic carbocycles. The minimum atomic E-state index is 0.545. The van der Waals surface area contributed by atoms with E-state index in [1.165, 1.54) is 5.71 Å². The van der Waals surface area contributed by atoms with Gasteiger partial charge in [-0.15, -0.1) is 0 Å². The molecule has 0 unspecified atom stereocenters. The number of hydrogen-bond acceptors (Lipinski definition) is 1. The van der Waals surface area contributed by atoms with Gasteiger partial charge in [-0.05, 0) is 25.3 Å². The maximum absolute atomic E-state index is 4.41. The van der Waals surface area contributed by atoms with Crippen molar-refractivity contribution in [2.45, 2.75) is 27.7 Å². The van der Waals surface area contributed by atoms with E-state index in [9.17, 15) is 0 Å². The third kappa shape index (κ3) is 4.89. The maximum atomic E-state index is 4.41. The van der Waals surface area contributed by atoms with Gasteiger partial charge in [-0.25, -0.2) is 0 Å². The molecule has 0 aliphatic rings. The molecule has 0 aromatic rings. The van der Waals surface area contributed by atoms with Crippen molar-refractivity contribution < 1.29 is 0 Å². The van der Waals surface area contributed by atoms with E-state index in [0.29, 0.717) is 5.92 Å². The molecule has 68 valence electrons. The Balaban J connectivity index is 3.96. The summed E-state index contributed by atoms with van der Waals surface area (Å²) in [6.45, 7) is 13.0. The molecule has 1 heteroatoms. The topological polar surface area (TPSA) is 12.4 Å². The first kappa shape index (κ1) is 11.2. The fourth-order valence-corrected chi connectivity index (χ4v) is 0.697. The van der Waals surface area contributed by atoms with Crippen LogP contribution >= 0.6 is 0 Å². The van der Waals surface area contributed by atoms with Crippen LogP contribution in [0.25, 0.3) is 0 Å². The van der Waals surface area contributed by atoms with E-state index in [0.717, 1.165) is 12.1 Å². The Morgan fingerprint density at radius 2 is 2.08 bits per heavy atom. The summed E-state index contributed by atoms with van der Waals surface area (Å²) >= 11 is 0. The SMILES string of the molecule is C=C(/C=C\C)CN=C(C)C(C)C. The summed E-state index contributed by atoms with van der Waals surface area (Å²) in [7, 11) is 0. The molecule has 0 saturated carbocycles. The zero-order valence-electron chi connectivity index (χ0n) is 8.59. The minimum absolute atomic E-state index is 0.545. The minimum Gasteiger partial charge on any atom is -0.289 e. The van der Waals surface area contributed by atoms with Crippen LogP contribution in [0.3, 0.4) is 0 Å². The molecule has 0 aromatic heterocycles. The molecule has 1 nitrogen and oxygen atoms in total. The lowest BCUT2D eigenvalue weighted by atomic mass is 10.1. The summed E-state index contributed by atoms with van der Waals surface area (Å²) in [5.41, 5.74) is 2.26. The van der Waals surface area contributed by atoms with Crippen LogP contribution in [0.1, 0.15) is 27.7 Å². The smallest absolute Gasteiger partial charge is 0.0633 e. The third-order valence-electron chi connectivity index (χ3n) is 1.77. The Morgan fingerprint density at radius 1 is 1.50 bits per heavy atom.